The van der Waals surface area contributed by atoms with Gasteiger partial charge in [-0.3, -0.25) is 14.5 Å². The van der Waals surface area contributed by atoms with Crippen molar-refractivity contribution in [2.75, 3.05) is 25.0 Å². The van der Waals surface area contributed by atoms with Crippen molar-refractivity contribution in [3.63, 3.8) is 0 Å². The molecule has 0 saturated carbocycles. The number of anilines is 1. The maximum absolute atomic E-state index is 12.9. The van der Waals surface area contributed by atoms with Gasteiger partial charge in [0.1, 0.15) is 6.04 Å². The zero-order chi connectivity index (χ0) is 20.9. The van der Waals surface area contributed by atoms with Gasteiger partial charge in [0, 0.05) is 24.3 Å². The first-order valence-corrected chi connectivity index (χ1v) is 11.1. The number of rotatable bonds is 5. The van der Waals surface area contributed by atoms with Crippen LogP contribution in [0.4, 0.5) is 5.69 Å². The zero-order valence-electron chi connectivity index (χ0n) is 17.7. The van der Waals surface area contributed by atoms with Gasteiger partial charge < -0.3 is 10.2 Å². The van der Waals surface area contributed by atoms with Crippen molar-refractivity contribution < 1.29 is 9.59 Å². The van der Waals surface area contributed by atoms with E-state index in [2.05, 4.69) is 29.3 Å². The first-order chi connectivity index (χ1) is 14.6. The Balaban J connectivity index is 1.34. The number of hydrogen-bond donors (Lipinski definition) is 1. The van der Waals surface area contributed by atoms with E-state index in [1.54, 1.807) is 17.0 Å². The highest BCUT2D eigenvalue weighted by Gasteiger charge is 2.34. The molecule has 0 aliphatic carbocycles. The smallest absolute Gasteiger partial charge is 0.254 e. The van der Waals surface area contributed by atoms with E-state index in [0.29, 0.717) is 18.5 Å². The van der Waals surface area contributed by atoms with Gasteiger partial charge in [-0.2, -0.15) is 0 Å². The minimum absolute atomic E-state index is 0.0700. The molecule has 1 unspecified atom stereocenters. The first-order valence-electron chi connectivity index (χ1n) is 11.1. The highest BCUT2D eigenvalue weighted by molar-refractivity contribution is 6.01. The number of carbonyl (C=O) groups excluding carboxylic acids is 2. The molecule has 2 fully saturated rings. The summed E-state index contributed by atoms with van der Waals surface area (Å²) < 4.78 is 0. The lowest BCUT2D eigenvalue weighted by Crippen LogP contribution is -2.43. The van der Waals surface area contributed by atoms with E-state index in [0.717, 1.165) is 37.7 Å². The van der Waals surface area contributed by atoms with Crippen molar-refractivity contribution in [2.24, 2.45) is 5.92 Å². The van der Waals surface area contributed by atoms with Gasteiger partial charge in [0.05, 0.1) is 0 Å². The molecule has 30 heavy (non-hydrogen) atoms. The molecule has 2 aliphatic rings. The minimum Gasteiger partial charge on any atom is -0.327 e. The molecule has 0 spiro atoms. The van der Waals surface area contributed by atoms with Crippen LogP contribution in [0.5, 0.6) is 0 Å². The molecule has 2 aromatic rings. The van der Waals surface area contributed by atoms with Crippen molar-refractivity contribution in [1.82, 2.24) is 9.80 Å². The van der Waals surface area contributed by atoms with Crippen LogP contribution in [0.3, 0.4) is 0 Å². The average molecular weight is 406 g/mol. The second-order valence-electron chi connectivity index (χ2n) is 8.67. The Morgan fingerprint density at radius 3 is 2.33 bits per heavy atom. The van der Waals surface area contributed by atoms with Crippen LogP contribution in [0, 0.1) is 5.92 Å². The van der Waals surface area contributed by atoms with Gasteiger partial charge in [-0.25, -0.2) is 0 Å². The summed E-state index contributed by atoms with van der Waals surface area (Å²) in [6.07, 6.45) is 4.10. The molecule has 158 valence electrons. The second kappa shape index (κ2) is 9.43. The predicted molar refractivity (Wildman–Crippen MR) is 119 cm³/mol. The van der Waals surface area contributed by atoms with Crippen LogP contribution in [-0.2, 0) is 11.3 Å². The average Bonchev–Trinajstić information content (AvgIpc) is 3.27. The van der Waals surface area contributed by atoms with Crippen molar-refractivity contribution >= 4 is 17.5 Å². The van der Waals surface area contributed by atoms with Crippen LogP contribution in [0.2, 0.25) is 0 Å². The van der Waals surface area contributed by atoms with Gasteiger partial charge in [-0.05, 0) is 74.5 Å². The third-order valence-electron chi connectivity index (χ3n) is 6.34. The van der Waals surface area contributed by atoms with Gasteiger partial charge in [-0.1, -0.05) is 37.3 Å². The van der Waals surface area contributed by atoms with E-state index in [9.17, 15) is 9.59 Å². The third-order valence-corrected chi connectivity index (χ3v) is 6.34. The summed E-state index contributed by atoms with van der Waals surface area (Å²) in [5.74, 6) is 0.664. The molecule has 1 atom stereocenters. The Morgan fingerprint density at radius 1 is 0.933 bits per heavy atom. The van der Waals surface area contributed by atoms with Gasteiger partial charge >= 0.3 is 0 Å². The van der Waals surface area contributed by atoms with E-state index in [1.807, 2.05) is 30.3 Å². The van der Waals surface area contributed by atoms with Crippen LogP contribution in [-0.4, -0.2) is 47.3 Å². The SMILES string of the molecule is CC1CCN(Cc2ccc(NC(=O)C3CCCN3C(=O)c3ccccc3)cc2)CC1. The molecule has 2 amide bonds. The van der Waals surface area contributed by atoms with E-state index in [-0.39, 0.29) is 11.8 Å². The van der Waals surface area contributed by atoms with Crippen LogP contribution >= 0.6 is 0 Å². The molecular formula is C25H31N3O2. The summed E-state index contributed by atoms with van der Waals surface area (Å²) in [6.45, 7) is 6.23. The molecule has 0 bridgehead atoms. The number of carbonyl (C=O) groups is 2. The molecule has 2 saturated heterocycles. The highest BCUT2D eigenvalue weighted by Crippen LogP contribution is 2.23. The van der Waals surface area contributed by atoms with Gasteiger partial charge in [0.25, 0.3) is 5.91 Å². The molecule has 4 rings (SSSR count). The van der Waals surface area contributed by atoms with Gasteiger partial charge in [0.15, 0.2) is 0 Å². The maximum Gasteiger partial charge on any atom is 0.254 e. The summed E-state index contributed by atoms with van der Waals surface area (Å²) in [4.78, 5) is 29.9. The second-order valence-corrected chi connectivity index (χ2v) is 8.67. The van der Waals surface area contributed by atoms with E-state index in [4.69, 9.17) is 0 Å². The fourth-order valence-electron chi connectivity index (χ4n) is 4.43. The minimum atomic E-state index is -0.410. The molecule has 0 radical (unpaired) electrons. The summed E-state index contributed by atoms with van der Waals surface area (Å²) in [5, 5.41) is 3.01. The maximum atomic E-state index is 12.9. The van der Waals surface area contributed by atoms with E-state index < -0.39 is 6.04 Å². The van der Waals surface area contributed by atoms with Crippen LogP contribution in [0.15, 0.2) is 54.6 Å². The number of benzene rings is 2. The van der Waals surface area contributed by atoms with E-state index in [1.165, 1.54) is 18.4 Å². The largest absolute Gasteiger partial charge is 0.327 e. The highest BCUT2D eigenvalue weighted by atomic mass is 16.2. The molecule has 2 aromatic carbocycles. The Hall–Kier alpha value is -2.66. The van der Waals surface area contributed by atoms with Gasteiger partial charge in [-0.15, -0.1) is 0 Å². The molecule has 2 aliphatic heterocycles. The van der Waals surface area contributed by atoms with Crippen LogP contribution in [0.25, 0.3) is 0 Å². The summed E-state index contributed by atoms with van der Waals surface area (Å²) in [7, 11) is 0. The Kier molecular flexibility index (Phi) is 6.48. The number of hydrogen-bond acceptors (Lipinski definition) is 3. The Bertz CT molecular complexity index is 858. The zero-order valence-corrected chi connectivity index (χ0v) is 17.7. The summed E-state index contributed by atoms with van der Waals surface area (Å²) in [5.41, 5.74) is 2.69. The molecule has 2 heterocycles. The number of likely N-dealkylation sites (tertiary alicyclic amines) is 2. The van der Waals surface area contributed by atoms with Gasteiger partial charge in [0.2, 0.25) is 5.91 Å². The predicted octanol–water partition coefficient (Wildman–Crippen LogP) is 4.16. The first kappa shape index (κ1) is 20.6. The Labute approximate surface area is 179 Å². The fourth-order valence-corrected chi connectivity index (χ4v) is 4.43. The molecule has 5 nitrogen and oxygen atoms in total. The molecular weight excluding hydrogens is 374 g/mol. The fraction of sp³-hybridized carbons (Fsp3) is 0.440. The van der Waals surface area contributed by atoms with Crippen molar-refractivity contribution in [3.8, 4) is 0 Å². The summed E-state index contributed by atoms with van der Waals surface area (Å²) in [6, 6.07) is 16.9. The summed E-state index contributed by atoms with van der Waals surface area (Å²) >= 11 is 0. The third kappa shape index (κ3) is 4.90. The number of nitrogens with zero attached hydrogens (tertiary/aromatic N) is 2. The topological polar surface area (TPSA) is 52.7 Å². The van der Waals surface area contributed by atoms with Crippen molar-refractivity contribution in [1.29, 1.82) is 0 Å². The quantitative estimate of drug-likeness (QED) is 0.813. The van der Waals surface area contributed by atoms with E-state index >= 15 is 0 Å². The Morgan fingerprint density at radius 2 is 1.63 bits per heavy atom. The molecule has 5 heteroatoms. The van der Waals surface area contributed by atoms with Crippen LogP contribution < -0.4 is 5.32 Å². The van der Waals surface area contributed by atoms with Crippen molar-refractivity contribution in [3.05, 3.63) is 65.7 Å². The lowest BCUT2D eigenvalue weighted by molar-refractivity contribution is -0.119. The van der Waals surface area contributed by atoms with Crippen molar-refractivity contribution in [2.45, 2.75) is 45.2 Å². The lowest BCUT2D eigenvalue weighted by Gasteiger charge is -2.30. The standard InChI is InChI=1S/C25H31N3O2/c1-19-13-16-27(17-14-19)18-20-9-11-22(12-10-20)26-24(29)23-8-5-15-28(23)25(30)21-6-3-2-4-7-21/h2-4,6-7,9-12,19,23H,5,8,13-18H2,1H3,(H,26,29). The number of nitrogens with one attached hydrogen (secondary N) is 1. The normalized spacial score (nSPS) is 20.3. The molecule has 1 N–H and O–H groups in total. The van der Waals surface area contributed by atoms with Crippen LogP contribution in [0.1, 0.15) is 48.5 Å². The number of piperidine rings is 1. The lowest BCUT2D eigenvalue weighted by atomic mass is 9.99. The number of amides is 2. The monoisotopic (exact) mass is 405 g/mol. The molecule has 0 aromatic heterocycles.